The summed E-state index contributed by atoms with van der Waals surface area (Å²) in [4.78, 5) is 11.1. The van der Waals surface area contributed by atoms with Crippen LogP contribution in [0.5, 0.6) is 5.06 Å². The molecule has 14 heavy (non-hydrogen) atoms. The number of thiophene rings is 1. The number of ether oxygens (including phenoxy) is 1. The van der Waals surface area contributed by atoms with E-state index in [0.717, 1.165) is 10.8 Å². The maximum absolute atomic E-state index is 11.1. The van der Waals surface area contributed by atoms with E-state index in [-0.39, 0.29) is 5.97 Å². The highest BCUT2D eigenvalue weighted by molar-refractivity contribution is 7.13. The highest BCUT2D eigenvalue weighted by Gasteiger charge is 2.07. The molecule has 0 spiro atoms. The van der Waals surface area contributed by atoms with Crippen molar-refractivity contribution in [3.8, 4) is 5.06 Å². The van der Waals surface area contributed by atoms with Gasteiger partial charge in [-0.05, 0) is 11.5 Å². The summed E-state index contributed by atoms with van der Waals surface area (Å²) < 4.78 is 5.20. The predicted octanol–water partition coefficient (Wildman–Crippen LogP) is 3.22. The van der Waals surface area contributed by atoms with Crippen molar-refractivity contribution in [1.29, 1.82) is 0 Å². The second-order valence-electron chi connectivity index (χ2n) is 2.94. The molecule has 0 aliphatic rings. The molecule has 0 N–H and O–H groups in total. The van der Waals surface area contributed by atoms with Gasteiger partial charge < -0.3 is 4.74 Å². The van der Waals surface area contributed by atoms with Crippen LogP contribution in [0.3, 0.4) is 0 Å². The van der Waals surface area contributed by atoms with E-state index >= 15 is 0 Å². The monoisotopic (exact) mass is 206 g/mol. The first-order valence-corrected chi connectivity index (χ1v) is 5.36. The Balaban J connectivity index is 2.38. The molecule has 2 rings (SSSR count). The van der Waals surface area contributed by atoms with E-state index in [1.807, 2.05) is 29.6 Å². The van der Waals surface area contributed by atoms with Gasteiger partial charge in [-0.1, -0.05) is 25.1 Å². The molecule has 0 radical (unpaired) electrons. The molecule has 1 heterocycles. The van der Waals surface area contributed by atoms with E-state index in [2.05, 4.69) is 0 Å². The topological polar surface area (TPSA) is 26.3 Å². The van der Waals surface area contributed by atoms with Gasteiger partial charge in [-0.25, -0.2) is 0 Å². The Morgan fingerprint density at radius 3 is 3.00 bits per heavy atom. The van der Waals surface area contributed by atoms with Crippen LogP contribution in [0.25, 0.3) is 10.8 Å². The Morgan fingerprint density at radius 2 is 2.21 bits per heavy atom. The third-order valence-electron chi connectivity index (χ3n) is 1.97. The molecule has 2 nitrogen and oxygen atoms in total. The first-order valence-electron chi connectivity index (χ1n) is 4.48. The van der Waals surface area contributed by atoms with E-state index in [1.165, 1.54) is 11.3 Å². The van der Waals surface area contributed by atoms with Crippen molar-refractivity contribution in [3.63, 3.8) is 0 Å². The first kappa shape index (κ1) is 9.21. The minimum atomic E-state index is -0.183. The lowest BCUT2D eigenvalue weighted by Gasteiger charge is -1.98. The van der Waals surface area contributed by atoms with Crippen LogP contribution in [-0.2, 0) is 4.79 Å². The zero-order valence-corrected chi connectivity index (χ0v) is 8.64. The van der Waals surface area contributed by atoms with E-state index in [4.69, 9.17) is 4.74 Å². The fraction of sp³-hybridized carbons (Fsp3) is 0.182. The second kappa shape index (κ2) is 3.80. The maximum Gasteiger partial charge on any atom is 0.311 e. The molecular formula is C11H10O2S. The number of rotatable bonds is 2. The highest BCUT2D eigenvalue weighted by atomic mass is 32.1. The fourth-order valence-electron chi connectivity index (χ4n) is 1.22. The van der Waals surface area contributed by atoms with Crippen molar-refractivity contribution in [2.75, 3.05) is 0 Å². The number of hydrogen-bond donors (Lipinski definition) is 0. The lowest BCUT2D eigenvalue weighted by atomic mass is 10.2. The van der Waals surface area contributed by atoms with Crippen molar-refractivity contribution in [2.24, 2.45) is 0 Å². The number of carbonyl (C=O) groups excluding carboxylic acids is 1. The summed E-state index contributed by atoms with van der Waals surface area (Å²) in [6.07, 6.45) is 0.409. The first-order chi connectivity index (χ1) is 6.81. The van der Waals surface area contributed by atoms with Gasteiger partial charge in [0, 0.05) is 17.2 Å². The summed E-state index contributed by atoms with van der Waals surface area (Å²) in [6, 6.07) is 7.89. The molecule has 1 aromatic heterocycles. The quantitative estimate of drug-likeness (QED) is 0.705. The number of benzene rings is 1. The summed E-state index contributed by atoms with van der Waals surface area (Å²) >= 11 is 1.46. The van der Waals surface area contributed by atoms with E-state index < -0.39 is 0 Å². The molecule has 0 atom stereocenters. The molecule has 0 unspecified atom stereocenters. The molecular weight excluding hydrogens is 196 g/mol. The van der Waals surface area contributed by atoms with E-state index in [0.29, 0.717) is 11.5 Å². The molecule has 1 aromatic carbocycles. The number of hydrogen-bond acceptors (Lipinski definition) is 3. The lowest BCUT2D eigenvalue weighted by molar-refractivity contribution is -0.133. The van der Waals surface area contributed by atoms with E-state index in [9.17, 15) is 4.79 Å². The Hall–Kier alpha value is -1.35. The molecule has 0 fully saturated rings. The number of fused-ring (bicyclic) bond motifs is 1. The predicted molar refractivity (Wildman–Crippen MR) is 57.8 cm³/mol. The number of esters is 1. The normalized spacial score (nSPS) is 10.4. The van der Waals surface area contributed by atoms with Crippen molar-refractivity contribution < 1.29 is 9.53 Å². The summed E-state index contributed by atoms with van der Waals surface area (Å²) in [5.74, 6) is -0.183. The standard InChI is InChI=1S/C11H10O2S/c1-2-10(12)13-11-9-6-4-3-5-8(9)7-14-11/h3-7H,2H2,1H3. The fourth-order valence-corrected chi connectivity index (χ4v) is 2.11. The lowest BCUT2D eigenvalue weighted by Crippen LogP contribution is -2.04. The molecule has 0 saturated heterocycles. The van der Waals surface area contributed by atoms with Gasteiger partial charge in [-0.2, -0.15) is 0 Å². The molecule has 72 valence electrons. The Bertz CT molecular complexity index is 459. The van der Waals surface area contributed by atoms with Crippen molar-refractivity contribution >= 4 is 28.1 Å². The largest absolute Gasteiger partial charge is 0.415 e. The van der Waals surface area contributed by atoms with Crippen LogP contribution in [0.15, 0.2) is 29.6 Å². The van der Waals surface area contributed by atoms with Crippen LogP contribution < -0.4 is 4.74 Å². The van der Waals surface area contributed by atoms with Gasteiger partial charge in [-0.15, -0.1) is 11.3 Å². The Labute approximate surface area is 86.1 Å². The number of carbonyl (C=O) groups is 1. The maximum atomic E-state index is 11.1. The van der Waals surface area contributed by atoms with Gasteiger partial charge in [0.15, 0.2) is 5.06 Å². The van der Waals surface area contributed by atoms with Gasteiger partial charge in [0.25, 0.3) is 0 Å². The van der Waals surface area contributed by atoms with Crippen LogP contribution in [0, 0.1) is 0 Å². The van der Waals surface area contributed by atoms with Crippen LogP contribution in [0.2, 0.25) is 0 Å². The SMILES string of the molecule is CCC(=O)Oc1scc2ccccc12. The molecule has 3 heteroatoms. The summed E-state index contributed by atoms with van der Waals surface area (Å²) in [5, 5.41) is 4.83. The third kappa shape index (κ3) is 1.63. The van der Waals surface area contributed by atoms with Crippen molar-refractivity contribution in [3.05, 3.63) is 29.6 Å². The van der Waals surface area contributed by atoms with Crippen molar-refractivity contribution in [2.45, 2.75) is 13.3 Å². The third-order valence-corrected chi connectivity index (χ3v) is 2.86. The van der Waals surface area contributed by atoms with Gasteiger partial charge in [0.2, 0.25) is 0 Å². The average Bonchev–Trinajstić information content (AvgIpc) is 2.62. The van der Waals surface area contributed by atoms with Gasteiger partial charge in [-0.3, -0.25) is 4.79 Å². The van der Waals surface area contributed by atoms with Gasteiger partial charge in [0.05, 0.1) is 0 Å². The highest BCUT2D eigenvalue weighted by Crippen LogP contribution is 2.32. The zero-order valence-electron chi connectivity index (χ0n) is 7.82. The second-order valence-corrected chi connectivity index (χ2v) is 3.78. The van der Waals surface area contributed by atoms with Crippen LogP contribution >= 0.6 is 11.3 Å². The molecule has 0 bridgehead atoms. The smallest absolute Gasteiger partial charge is 0.311 e. The minimum absolute atomic E-state index is 0.183. The molecule has 0 saturated carbocycles. The molecule has 2 aromatic rings. The molecule has 0 aliphatic carbocycles. The van der Waals surface area contributed by atoms with Gasteiger partial charge in [0.1, 0.15) is 0 Å². The van der Waals surface area contributed by atoms with Crippen LogP contribution in [0.4, 0.5) is 0 Å². The molecule has 0 aliphatic heterocycles. The Kier molecular flexibility index (Phi) is 2.50. The van der Waals surface area contributed by atoms with Crippen LogP contribution in [-0.4, -0.2) is 5.97 Å². The summed E-state index contributed by atoms with van der Waals surface area (Å²) in [6.45, 7) is 1.79. The summed E-state index contributed by atoms with van der Waals surface area (Å²) in [7, 11) is 0. The van der Waals surface area contributed by atoms with Gasteiger partial charge >= 0.3 is 5.97 Å². The summed E-state index contributed by atoms with van der Waals surface area (Å²) in [5.41, 5.74) is 0. The minimum Gasteiger partial charge on any atom is -0.415 e. The average molecular weight is 206 g/mol. The van der Waals surface area contributed by atoms with Crippen molar-refractivity contribution in [1.82, 2.24) is 0 Å². The van der Waals surface area contributed by atoms with E-state index in [1.54, 1.807) is 6.92 Å². The molecule has 0 amide bonds. The zero-order chi connectivity index (χ0) is 9.97. The van der Waals surface area contributed by atoms with Crippen LogP contribution in [0.1, 0.15) is 13.3 Å². The Morgan fingerprint density at radius 1 is 1.43 bits per heavy atom.